The van der Waals surface area contributed by atoms with Crippen LogP contribution in [0.25, 0.3) is 0 Å². The summed E-state index contributed by atoms with van der Waals surface area (Å²) in [6, 6.07) is 6.74. The zero-order valence-corrected chi connectivity index (χ0v) is 14.5. The number of rotatable bonds is 5. The molecule has 0 radical (unpaired) electrons. The summed E-state index contributed by atoms with van der Waals surface area (Å²) in [5.41, 5.74) is 1.15. The zero-order chi connectivity index (χ0) is 17.7. The van der Waals surface area contributed by atoms with Gasteiger partial charge >= 0.3 is 6.03 Å². The van der Waals surface area contributed by atoms with Crippen LogP contribution < -0.4 is 25.2 Å². The lowest BCUT2D eigenvalue weighted by atomic mass is 10.3. The van der Waals surface area contributed by atoms with Crippen molar-refractivity contribution in [2.75, 3.05) is 55.7 Å². The van der Waals surface area contributed by atoms with Gasteiger partial charge in [-0.2, -0.15) is 4.98 Å². The largest absolute Gasteiger partial charge is 0.497 e. The highest BCUT2D eigenvalue weighted by Crippen LogP contribution is 2.23. The average Bonchev–Trinajstić information content (AvgIpc) is 2.54. The van der Waals surface area contributed by atoms with E-state index in [9.17, 15) is 4.79 Å². The van der Waals surface area contributed by atoms with Gasteiger partial charge in [0.05, 0.1) is 13.3 Å². The molecule has 2 N–H and O–H groups in total. The summed E-state index contributed by atoms with van der Waals surface area (Å²) in [7, 11) is 9.00. The second-order valence-corrected chi connectivity index (χ2v) is 5.51. The van der Waals surface area contributed by atoms with E-state index in [-0.39, 0.29) is 6.03 Å². The van der Waals surface area contributed by atoms with Crippen molar-refractivity contribution in [1.29, 1.82) is 0 Å². The van der Waals surface area contributed by atoms with Crippen molar-refractivity contribution in [1.82, 2.24) is 9.97 Å². The molecule has 0 atom stereocenters. The molecule has 128 valence electrons. The Labute approximate surface area is 141 Å². The molecule has 2 rings (SSSR count). The van der Waals surface area contributed by atoms with Gasteiger partial charge in [0.1, 0.15) is 11.4 Å². The number of nitrogens with one attached hydrogen (secondary N) is 2. The minimum absolute atomic E-state index is 0.382. The normalized spacial score (nSPS) is 10.0. The van der Waals surface area contributed by atoms with Crippen LogP contribution in [0.15, 0.2) is 30.5 Å². The van der Waals surface area contributed by atoms with Gasteiger partial charge in [-0.1, -0.05) is 6.07 Å². The fraction of sp³-hybridized carbons (Fsp3) is 0.312. The first-order chi connectivity index (χ1) is 11.4. The molecule has 0 unspecified atom stereocenters. The highest BCUT2D eigenvalue weighted by Gasteiger charge is 2.13. The number of carbonyl (C=O) groups excluding carboxylic acids is 1. The second kappa shape index (κ2) is 7.49. The maximum atomic E-state index is 12.2. The number of ether oxygens (including phenoxy) is 1. The van der Waals surface area contributed by atoms with Gasteiger partial charge in [-0.05, 0) is 12.1 Å². The molecule has 0 saturated carbocycles. The minimum atomic E-state index is -0.382. The molecule has 0 aliphatic rings. The van der Waals surface area contributed by atoms with Crippen LogP contribution in [-0.4, -0.2) is 51.3 Å². The highest BCUT2D eigenvalue weighted by molar-refractivity contribution is 6.01. The smallest absolute Gasteiger partial charge is 0.323 e. The third-order valence-electron chi connectivity index (χ3n) is 3.16. The number of anilines is 4. The number of nitrogens with zero attached hydrogens (tertiary/aromatic N) is 4. The lowest BCUT2D eigenvalue weighted by molar-refractivity contribution is 0.262. The van der Waals surface area contributed by atoms with Crippen LogP contribution in [0, 0.1) is 0 Å². The molecule has 1 heterocycles. The molecule has 8 heteroatoms. The molecule has 1 aromatic heterocycles. The number of hydrogen-bond donors (Lipinski definition) is 2. The maximum Gasteiger partial charge on any atom is 0.323 e. The van der Waals surface area contributed by atoms with E-state index in [0.29, 0.717) is 28.9 Å². The second-order valence-electron chi connectivity index (χ2n) is 5.51. The Kier molecular flexibility index (Phi) is 5.41. The van der Waals surface area contributed by atoms with Crippen LogP contribution in [0.4, 0.5) is 27.9 Å². The summed E-state index contributed by atoms with van der Waals surface area (Å²) in [6.45, 7) is 0. The molecular weight excluding hydrogens is 308 g/mol. The molecule has 1 aromatic carbocycles. The first-order valence-corrected chi connectivity index (χ1v) is 7.34. The lowest BCUT2D eigenvalue weighted by Gasteiger charge is -2.19. The summed E-state index contributed by atoms with van der Waals surface area (Å²) in [6.07, 6.45) is 1.59. The van der Waals surface area contributed by atoms with Gasteiger partial charge in [-0.3, -0.25) is 0 Å². The molecule has 2 amide bonds. The Morgan fingerprint density at radius 2 is 1.88 bits per heavy atom. The predicted molar refractivity (Wildman–Crippen MR) is 96.3 cm³/mol. The Morgan fingerprint density at radius 1 is 1.12 bits per heavy atom. The fourth-order valence-corrected chi connectivity index (χ4v) is 1.99. The van der Waals surface area contributed by atoms with Crippen LogP contribution in [0.1, 0.15) is 0 Å². The van der Waals surface area contributed by atoms with Crippen molar-refractivity contribution >= 4 is 29.2 Å². The van der Waals surface area contributed by atoms with Crippen LogP contribution in [0.3, 0.4) is 0 Å². The molecule has 0 aliphatic carbocycles. The molecule has 24 heavy (non-hydrogen) atoms. The molecular formula is C16H22N6O2. The topological polar surface area (TPSA) is 82.6 Å². The van der Waals surface area contributed by atoms with E-state index in [0.717, 1.165) is 0 Å². The van der Waals surface area contributed by atoms with Crippen molar-refractivity contribution in [2.24, 2.45) is 0 Å². The number of amides is 2. The molecule has 0 bridgehead atoms. The summed E-state index contributed by atoms with van der Waals surface area (Å²) < 4.78 is 5.14. The molecule has 0 saturated heterocycles. The van der Waals surface area contributed by atoms with Crippen LogP contribution >= 0.6 is 0 Å². The van der Waals surface area contributed by atoms with Crippen molar-refractivity contribution in [3.63, 3.8) is 0 Å². The van der Waals surface area contributed by atoms with Gasteiger partial charge in [0.25, 0.3) is 0 Å². The number of aromatic nitrogens is 2. The number of benzene rings is 1. The summed E-state index contributed by atoms with van der Waals surface area (Å²) in [5.74, 6) is 1.85. The molecule has 8 nitrogen and oxygen atoms in total. The van der Waals surface area contributed by atoms with E-state index < -0.39 is 0 Å². The molecule has 0 aliphatic heterocycles. The highest BCUT2D eigenvalue weighted by atomic mass is 16.5. The molecule has 0 fully saturated rings. The Hall–Kier alpha value is -3.03. The Bertz CT molecular complexity index is 717. The Morgan fingerprint density at radius 3 is 2.50 bits per heavy atom. The summed E-state index contributed by atoms with van der Waals surface area (Å²) >= 11 is 0. The number of methoxy groups -OCH3 is 1. The SMILES string of the molecule is COc1cccc(NC(=O)Nc2cnc(N(C)C)nc2N(C)C)c1. The van der Waals surface area contributed by atoms with Crippen LogP contribution in [0.2, 0.25) is 0 Å². The van der Waals surface area contributed by atoms with Gasteiger partial charge < -0.3 is 25.2 Å². The van der Waals surface area contributed by atoms with Gasteiger partial charge in [-0.25, -0.2) is 9.78 Å². The van der Waals surface area contributed by atoms with Gasteiger partial charge in [0.15, 0.2) is 5.82 Å². The van der Waals surface area contributed by atoms with Gasteiger partial charge in [0.2, 0.25) is 5.95 Å². The monoisotopic (exact) mass is 330 g/mol. The zero-order valence-electron chi connectivity index (χ0n) is 14.5. The van der Waals surface area contributed by atoms with E-state index in [1.807, 2.05) is 33.1 Å². The van der Waals surface area contributed by atoms with E-state index in [2.05, 4.69) is 20.6 Å². The maximum absolute atomic E-state index is 12.2. The standard InChI is InChI=1S/C16H22N6O2/c1-21(2)14-13(10-17-15(20-14)22(3)4)19-16(23)18-11-7-6-8-12(9-11)24-5/h6-10H,1-5H3,(H2,18,19,23). The predicted octanol–water partition coefficient (Wildman–Crippen LogP) is 2.26. The minimum Gasteiger partial charge on any atom is -0.497 e. The summed E-state index contributed by atoms with van der Waals surface area (Å²) in [5, 5.41) is 5.52. The van der Waals surface area contributed by atoms with Crippen molar-refractivity contribution in [3.05, 3.63) is 30.5 Å². The number of hydrogen-bond acceptors (Lipinski definition) is 6. The van der Waals surface area contributed by atoms with E-state index in [4.69, 9.17) is 4.74 Å². The third kappa shape index (κ3) is 4.25. The Balaban J connectivity index is 2.16. The average molecular weight is 330 g/mol. The first kappa shape index (κ1) is 17.3. The van der Waals surface area contributed by atoms with E-state index >= 15 is 0 Å². The third-order valence-corrected chi connectivity index (χ3v) is 3.16. The van der Waals surface area contributed by atoms with Crippen LogP contribution in [0.5, 0.6) is 5.75 Å². The molecule has 2 aromatic rings. The van der Waals surface area contributed by atoms with E-state index in [1.54, 1.807) is 42.5 Å². The molecule has 0 spiro atoms. The number of urea groups is 1. The van der Waals surface area contributed by atoms with Gasteiger partial charge in [-0.15, -0.1) is 0 Å². The lowest BCUT2D eigenvalue weighted by Crippen LogP contribution is -2.23. The fourth-order valence-electron chi connectivity index (χ4n) is 1.99. The van der Waals surface area contributed by atoms with Crippen LogP contribution in [-0.2, 0) is 0 Å². The van der Waals surface area contributed by atoms with Gasteiger partial charge in [0, 0.05) is 39.9 Å². The van der Waals surface area contributed by atoms with E-state index in [1.165, 1.54) is 0 Å². The summed E-state index contributed by atoms with van der Waals surface area (Å²) in [4.78, 5) is 24.5. The first-order valence-electron chi connectivity index (χ1n) is 7.34. The quantitative estimate of drug-likeness (QED) is 0.875. The van der Waals surface area contributed by atoms with Crippen molar-refractivity contribution < 1.29 is 9.53 Å². The van der Waals surface area contributed by atoms with Crippen molar-refractivity contribution in [2.45, 2.75) is 0 Å². The van der Waals surface area contributed by atoms with Crippen molar-refractivity contribution in [3.8, 4) is 5.75 Å². The number of carbonyl (C=O) groups is 1.